The van der Waals surface area contributed by atoms with Crippen LogP contribution in [0.2, 0.25) is 0 Å². The van der Waals surface area contributed by atoms with Gasteiger partial charge in [-0.1, -0.05) is 6.07 Å². The molecule has 0 saturated carbocycles. The minimum Gasteiger partial charge on any atom is -0.368 e. The number of nitrogens with one attached hydrogen (secondary N) is 3. The first kappa shape index (κ1) is 20.5. The molecule has 0 bridgehead atoms. The fourth-order valence-electron chi connectivity index (χ4n) is 3.00. The predicted octanol–water partition coefficient (Wildman–Crippen LogP) is 3.19. The standard InChI is InChI=1S/C22H25N3O4/c1-14(2)23-20(26)15-8-10-17(11-9-15)24-21(27)16-5-3-6-18(13-16)25-22(28)19-7-4-12-29-19/h3,5-6,8-11,13-14,19H,4,7,12H2,1-2H3,(H,23,26)(H,24,27)(H,25,28). The van der Waals surface area contributed by atoms with Gasteiger partial charge in [-0.15, -0.1) is 0 Å². The van der Waals surface area contributed by atoms with E-state index in [0.29, 0.717) is 35.5 Å². The molecule has 2 aromatic rings. The molecule has 0 aromatic heterocycles. The average Bonchev–Trinajstić information content (AvgIpc) is 3.23. The molecule has 1 heterocycles. The maximum absolute atomic E-state index is 12.5. The van der Waals surface area contributed by atoms with Crippen LogP contribution in [0.4, 0.5) is 11.4 Å². The predicted molar refractivity (Wildman–Crippen MR) is 111 cm³/mol. The lowest BCUT2D eigenvalue weighted by Gasteiger charge is -2.12. The maximum Gasteiger partial charge on any atom is 0.255 e. The zero-order valence-corrected chi connectivity index (χ0v) is 16.5. The van der Waals surface area contributed by atoms with Gasteiger partial charge in [-0.3, -0.25) is 14.4 Å². The van der Waals surface area contributed by atoms with Gasteiger partial charge in [0, 0.05) is 35.2 Å². The average molecular weight is 395 g/mol. The molecule has 152 valence electrons. The van der Waals surface area contributed by atoms with Crippen LogP contribution in [0.3, 0.4) is 0 Å². The van der Waals surface area contributed by atoms with E-state index in [2.05, 4.69) is 16.0 Å². The molecule has 1 fully saturated rings. The Bertz CT molecular complexity index is 887. The Hall–Kier alpha value is -3.19. The number of rotatable bonds is 6. The summed E-state index contributed by atoms with van der Waals surface area (Å²) in [7, 11) is 0. The highest BCUT2D eigenvalue weighted by molar-refractivity contribution is 6.05. The minimum atomic E-state index is -0.432. The lowest BCUT2D eigenvalue weighted by molar-refractivity contribution is -0.124. The van der Waals surface area contributed by atoms with Crippen molar-refractivity contribution >= 4 is 29.1 Å². The van der Waals surface area contributed by atoms with Crippen LogP contribution in [0.15, 0.2) is 48.5 Å². The molecule has 3 N–H and O–H groups in total. The van der Waals surface area contributed by atoms with Crippen LogP contribution in [0.25, 0.3) is 0 Å². The maximum atomic E-state index is 12.5. The number of hydrogen-bond donors (Lipinski definition) is 3. The zero-order valence-electron chi connectivity index (χ0n) is 16.5. The van der Waals surface area contributed by atoms with Gasteiger partial charge in [0.25, 0.3) is 17.7 Å². The molecule has 0 spiro atoms. The van der Waals surface area contributed by atoms with E-state index in [4.69, 9.17) is 4.74 Å². The summed E-state index contributed by atoms with van der Waals surface area (Å²) in [6.07, 6.45) is 1.15. The van der Waals surface area contributed by atoms with E-state index in [0.717, 1.165) is 6.42 Å². The smallest absolute Gasteiger partial charge is 0.255 e. The summed E-state index contributed by atoms with van der Waals surface area (Å²) < 4.78 is 5.37. The van der Waals surface area contributed by atoms with E-state index < -0.39 is 6.10 Å². The van der Waals surface area contributed by atoms with Crippen LogP contribution in [0.1, 0.15) is 47.4 Å². The second-order valence-corrected chi connectivity index (χ2v) is 7.23. The second kappa shape index (κ2) is 9.34. The third-order valence-corrected chi connectivity index (χ3v) is 4.44. The molecular formula is C22H25N3O4. The van der Waals surface area contributed by atoms with Crippen LogP contribution < -0.4 is 16.0 Å². The number of benzene rings is 2. The van der Waals surface area contributed by atoms with Crippen molar-refractivity contribution in [2.24, 2.45) is 0 Å². The second-order valence-electron chi connectivity index (χ2n) is 7.23. The number of anilines is 2. The Morgan fingerprint density at radius 3 is 2.34 bits per heavy atom. The highest BCUT2D eigenvalue weighted by atomic mass is 16.5. The van der Waals surface area contributed by atoms with Crippen LogP contribution in [0, 0.1) is 0 Å². The summed E-state index contributed by atoms with van der Waals surface area (Å²) in [5, 5.41) is 8.40. The highest BCUT2D eigenvalue weighted by Gasteiger charge is 2.23. The molecule has 1 saturated heterocycles. The number of hydrogen-bond acceptors (Lipinski definition) is 4. The molecule has 1 atom stereocenters. The lowest BCUT2D eigenvalue weighted by atomic mass is 10.1. The SMILES string of the molecule is CC(C)NC(=O)c1ccc(NC(=O)c2cccc(NC(=O)C3CCCO3)c2)cc1. The molecule has 1 aliphatic heterocycles. The van der Waals surface area contributed by atoms with Gasteiger partial charge in [-0.2, -0.15) is 0 Å². The first-order valence-electron chi connectivity index (χ1n) is 9.67. The number of carbonyl (C=O) groups is 3. The monoisotopic (exact) mass is 395 g/mol. The first-order valence-corrected chi connectivity index (χ1v) is 9.67. The highest BCUT2D eigenvalue weighted by Crippen LogP contribution is 2.17. The fourth-order valence-corrected chi connectivity index (χ4v) is 3.00. The van der Waals surface area contributed by atoms with E-state index in [1.807, 2.05) is 13.8 Å². The van der Waals surface area contributed by atoms with Gasteiger partial charge < -0.3 is 20.7 Å². The van der Waals surface area contributed by atoms with E-state index in [1.54, 1.807) is 48.5 Å². The Balaban J connectivity index is 1.61. The molecule has 0 aliphatic carbocycles. The van der Waals surface area contributed by atoms with Crippen molar-refractivity contribution in [3.8, 4) is 0 Å². The van der Waals surface area contributed by atoms with Crippen molar-refractivity contribution in [3.63, 3.8) is 0 Å². The van der Waals surface area contributed by atoms with Crippen LogP contribution >= 0.6 is 0 Å². The third-order valence-electron chi connectivity index (χ3n) is 4.44. The van der Waals surface area contributed by atoms with E-state index in [1.165, 1.54) is 0 Å². The van der Waals surface area contributed by atoms with Crippen molar-refractivity contribution in [1.82, 2.24) is 5.32 Å². The Morgan fingerprint density at radius 1 is 0.931 bits per heavy atom. The Labute approximate surface area is 169 Å². The normalized spacial score (nSPS) is 15.8. The van der Waals surface area contributed by atoms with E-state index in [9.17, 15) is 14.4 Å². The molecule has 7 nitrogen and oxygen atoms in total. The Kier molecular flexibility index (Phi) is 6.61. The molecule has 3 amide bonds. The summed E-state index contributed by atoms with van der Waals surface area (Å²) >= 11 is 0. The summed E-state index contributed by atoms with van der Waals surface area (Å²) in [5.74, 6) is -0.666. The molecule has 29 heavy (non-hydrogen) atoms. The fraction of sp³-hybridized carbons (Fsp3) is 0.318. The van der Waals surface area contributed by atoms with Gasteiger partial charge in [0.1, 0.15) is 6.10 Å². The summed E-state index contributed by atoms with van der Waals surface area (Å²) in [6.45, 7) is 4.38. The minimum absolute atomic E-state index is 0.0508. The van der Waals surface area contributed by atoms with E-state index in [-0.39, 0.29) is 23.8 Å². The largest absolute Gasteiger partial charge is 0.368 e. The van der Waals surface area contributed by atoms with Gasteiger partial charge in [-0.25, -0.2) is 0 Å². The van der Waals surface area contributed by atoms with Gasteiger partial charge in [0.05, 0.1) is 0 Å². The van der Waals surface area contributed by atoms with Crippen molar-refractivity contribution in [2.45, 2.75) is 38.8 Å². The number of carbonyl (C=O) groups excluding carboxylic acids is 3. The molecule has 3 rings (SSSR count). The van der Waals surface area contributed by atoms with Crippen LogP contribution in [0.5, 0.6) is 0 Å². The summed E-state index contributed by atoms with van der Waals surface area (Å²) in [4.78, 5) is 36.7. The number of ether oxygens (including phenoxy) is 1. The zero-order chi connectivity index (χ0) is 20.8. The van der Waals surface area contributed by atoms with Crippen molar-refractivity contribution in [2.75, 3.05) is 17.2 Å². The van der Waals surface area contributed by atoms with Gasteiger partial charge in [-0.05, 0) is 69.2 Å². The molecule has 1 aliphatic rings. The van der Waals surface area contributed by atoms with Gasteiger partial charge in [0.2, 0.25) is 0 Å². The molecule has 1 unspecified atom stereocenters. The molecule has 7 heteroatoms. The summed E-state index contributed by atoms with van der Waals surface area (Å²) in [6, 6.07) is 13.4. The van der Waals surface area contributed by atoms with Crippen molar-refractivity contribution in [1.29, 1.82) is 0 Å². The molecule has 0 radical (unpaired) electrons. The van der Waals surface area contributed by atoms with E-state index >= 15 is 0 Å². The third kappa shape index (κ3) is 5.65. The van der Waals surface area contributed by atoms with Crippen LogP contribution in [-0.4, -0.2) is 36.5 Å². The Morgan fingerprint density at radius 2 is 1.69 bits per heavy atom. The lowest BCUT2D eigenvalue weighted by Crippen LogP contribution is -2.30. The van der Waals surface area contributed by atoms with Crippen LogP contribution in [-0.2, 0) is 9.53 Å². The van der Waals surface area contributed by atoms with Crippen molar-refractivity contribution < 1.29 is 19.1 Å². The van der Waals surface area contributed by atoms with Gasteiger partial charge >= 0.3 is 0 Å². The quantitative estimate of drug-likeness (QED) is 0.700. The molecule has 2 aromatic carbocycles. The summed E-state index contributed by atoms with van der Waals surface area (Å²) in [5.41, 5.74) is 2.05. The van der Waals surface area contributed by atoms with Gasteiger partial charge in [0.15, 0.2) is 0 Å². The first-order chi connectivity index (χ1) is 13.9. The number of amides is 3. The van der Waals surface area contributed by atoms with Crippen molar-refractivity contribution in [3.05, 3.63) is 59.7 Å². The topological polar surface area (TPSA) is 96.5 Å². The molecular weight excluding hydrogens is 370 g/mol.